The number of anilines is 2. The second-order valence-corrected chi connectivity index (χ2v) is 9.20. The average molecular weight is 448 g/mol. The van der Waals surface area contributed by atoms with E-state index in [9.17, 15) is 9.18 Å². The SMILES string of the molecule is Cc1cn2cc(NC(=O)c3ccc(N4CC[C@H](NC5CC5)C4)n4cc(C)nc34)cc(F)c2n1. The molecule has 0 unspecified atom stereocenters. The Morgan fingerprint density at radius 2 is 1.82 bits per heavy atom. The fraction of sp³-hybridized carbons (Fsp3) is 0.375. The van der Waals surface area contributed by atoms with Crippen molar-refractivity contribution >= 4 is 28.7 Å². The number of fused-ring (bicyclic) bond motifs is 2. The van der Waals surface area contributed by atoms with Crippen LogP contribution in [0.2, 0.25) is 0 Å². The predicted octanol–water partition coefficient (Wildman–Crippen LogP) is 3.32. The number of carbonyl (C=O) groups is 1. The second kappa shape index (κ2) is 7.55. The van der Waals surface area contributed by atoms with Gasteiger partial charge in [-0.1, -0.05) is 0 Å². The first kappa shape index (κ1) is 20.2. The summed E-state index contributed by atoms with van der Waals surface area (Å²) in [6, 6.07) is 6.26. The summed E-state index contributed by atoms with van der Waals surface area (Å²) in [5.74, 6) is 0.215. The van der Waals surface area contributed by atoms with Gasteiger partial charge in [0, 0.05) is 49.8 Å². The molecule has 1 aliphatic carbocycles. The minimum atomic E-state index is -0.485. The molecule has 4 aromatic heterocycles. The Kier molecular flexibility index (Phi) is 4.62. The van der Waals surface area contributed by atoms with E-state index in [-0.39, 0.29) is 11.6 Å². The van der Waals surface area contributed by atoms with E-state index in [1.165, 1.54) is 18.9 Å². The molecule has 1 aliphatic heterocycles. The summed E-state index contributed by atoms with van der Waals surface area (Å²) < 4.78 is 18.0. The predicted molar refractivity (Wildman–Crippen MR) is 125 cm³/mol. The van der Waals surface area contributed by atoms with E-state index >= 15 is 0 Å². The number of rotatable bonds is 5. The maximum absolute atomic E-state index is 14.4. The number of amides is 1. The molecule has 6 rings (SSSR count). The van der Waals surface area contributed by atoms with Crippen LogP contribution in [0.25, 0.3) is 11.3 Å². The minimum absolute atomic E-state index is 0.237. The number of aromatic nitrogens is 4. The topological polar surface area (TPSA) is 79.0 Å². The number of nitrogens with zero attached hydrogens (tertiary/aromatic N) is 5. The van der Waals surface area contributed by atoms with Crippen molar-refractivity contribution in [3.8, 4) is 0 Å². The van der Waals surface area contributed by atoms with Crippen LogP contribution in [0.3, 0.4) is 0 Å². The lowest BCUT2D eigenvalue weighted by atomic mass is 10.2. The van der Waals surface area contributed by atoms with Crippen LogP contribution < -0.4 is 15.5 Å². The van der Waals surface area contributed by atoms with Crippen LogP contribution in [-0.2, 0) is 0 Å². The van der Waals surface area contributed by atoms with Gasteiger partial charge in [0.15, 0.2) is 17.1 Å². The van der Waals surface area contributed by atoms with Crippen LogP contribution in [0.5, 0.6) is 0 Å². The van der Waals surface area contributed by atoms with E-state index < -0.39 is 5.82 Å². The van der Waals surface area contributed by atoms with Gasteiger partial charge in [0.1, 0.15) is 5.82 Å². The van der Waals surface area contributed by atoms with Gasteiger partial charge in [0.25, 0.3) is 5.91 Å². The molecule has 5 heterocycles. The lowest BCUT2D eigenvalue weighted by Gasteiger charge is -2.21. The van der Waals surface area contributed by atoms with Crippen molar-refractivity contribution in [2.24, 2.45) is 0 Å². The summed E-state index contributed by atoms with van der Waals surface area (Å²) in [4.78, 5) is 24.3. The fourth-order valence-corrected chi connectivity index (χ4v) is 4.74. The summed E-state index contributed by atoms with van der Waals surface area (Å²) in [7, 11) is 0. The first-order chi connectivity index (χ1) is 15.9. The van der Waals surface area contributed by atoms with Crippen molar-refractivity contribution in [1.29, 1.82) is 0 Å². The lowest BCUT2D eigenvalue weighted by Crippen LogP contribution is -2.34. The number of imidazole rings is 2. The van der Waals surface area contributed by atoms with Crippen molar-refractivity contribution in [3.63, 3.8) is 0 Å². The molecule has 9 heteroatoms. The molecule has 0 aromatic carbocycles. The number of aryl methyl sites for hydroxylation is 2. The Labute approximate surface area is 190 Å². The highest BCUT2D eigenvalue weighted by Gasteiger charge is 2.30. The van der Waals surface area contributed by atoms with Gasteiger partial charge in [-0.15, -0.1) is 0 Å². The van der Waals surface area contributed by atoms with E-state index in [4.69, 9.17) is 0 Å². The molecule has 4 aromatic rings. The average Bonchev–Trinajstić information content (AvgIpc) is 3.13. The van der Waals surface area contributed by atoms with Gasteiger partial charge in [-0.3, -0.25) is 9.20 Å². The van der Waals surface area contributed by atoms with Gasteiger partial charge in [0.2, 0.25) is 0 Å². The first-order valence-corrected chi connectivity index (χ1v) is 11.4. The van der Waals surface area contributed by atoms with Crippen molar-refractivity contribution in [2.75, 3.05) is 23.3 Å². The van der Waals surface area contributed by atoms with Crippen LogP contribution in [0.1, 0.15) is 41.0 Å². The van der Waals surface area contributed by atoms with E-state index in [1.54, 1.807) is 23.7 Å². The summed E-state index contributed by atoms with van der Waals surface area (Å²) in [5.41, 5.74) is 3.19. The number of carbonyl (C=O) groups excluding carboxylic acids is 1. The maximum atomic E-state index is 14.4. The molecular formula is C24H26FN7O. The number of hydrogen-bond donors (Lipinski definition) is 2. The molecule has 170 valence electrons. The molecule has 0 spiro atoms. The van der Waals surface area contributed by atoms with Crippen molar-refractivity contribution < 1.29 is 9.18 Å². The highest BCUT2D eigenvalue weighted by atomic mass is 19.1. The molecule has 1 saturated heterocycles. The number of pyridine rings is 2. The Balaban J connectivity index is 1.29. The third kappa shape index (κ3) is 3.72. The van der Waals surface area contributed by atoms with Gasteiger partial charge in [-0.2, -0.15) is 0 Å². The number of hydrogen-bond acceptors (Lipinski definition) is 5. The summed E-state index contributed by atoms with van der Waals surface area (Å²) in [5, 5.41) is 6.54. The molecule has 2 N–H and O–H groups in total. The van der Waals surface area contributed by atoms with Crippen LogP contribution in [0.4, 0.5) is 15.9 Å². The molecule has 33 heavy (non-hydrogen) atoms. The molecule has 1 saturated carbocycles. The highest BCUT2D eigenvalue weighted by molar-refractivity contribution is 6.08. The van der Waals surface area contributed by atoms with Crippen molar-refractivity contribution in [2.45, 2.75) is 45.2 Å². The largest absolute Gasteiger partial charge is 0.356 e. The van der Waals surface area contributed by atoms with E-state index in [2.05, 4.69) is 25.5 Å². The smallest absolute Gasteiger partial charge is 0.259 e. The monoisotopic (exact) mass is 447 g/mol. The van der Waals surface area contributed by atoms with Crippen LogP contribution >= 0.6 is 0 Å². The Morgan fingerprint density at radius 3 is 2.64 bits per heavy atom. The first-order valence-electron chi connectivity index (χ1n) is 11.4. The maximum Gasteiger partial charge on any atom is 0.259 e. The molecule has 8 nitrogen and oxygen atoms in total. The Hall–Kier alpha value is -3.46. The molecule has 1 amide bonds. The molecule has 0 bridgehead atoms. The molecule has 2 aliphatic rings. The van der Waals surface area contributed by atoms with Gasteiger partial charge >= 0.3 is 0 Å². The van der Waals surface area contributed by atoms with Gasteiger partial charge in [-0.25, -0.2) is 14.4 Å². The summed E-state index contributed by atoms with van der Waals surface area (Å²) in [6.45, 7) is 5.63. The molecular weight excluding hydrogens is 421 g/mol. The Morgan fingerprint density at radius 1 is 1.03 bits per heavy atom. The van der Waals surface area contributed by atoms with Gasteiger partial charge in [0.05, 0.1) is 22.6 Å². The van der Waals surface area contributed by atoms with Crippen molar-refractivity contribution in [1.82, 2.24) is 24.1 Å². The zero-order valence-corrected chi connectivity index (χ0v) is 18.7. The number of halogens is 1. The number of nitrogens with one attached hydrogen (secondary N) is 2. The second-order valence-electron chi connectivity index (χ2n) is 9.20. The molecule has 1 atom stereocenters. The zero-order chi connectivity index (χ0) is 22.7. The van der Waals surface area contributed by atoms with Crippen LogP contribution in [0.15, 0.2) is 36.8 Å². The Bertz CT molecular complexity index is 1390. The summed E-state index contributed by atoms with van der Waals surface area (Å²) in [6.07, 6.45) is 9.01. The summed E-state index contributed by atoms with van der Waals surface area (Å²) >= 11 is 0. The van der Waals surface area contributed by atoms with E-state index in [1.807, 2.05) is 29.7 Å². The normalized spacial score (nSPS) is 18.5. The quantitative estimate of drug-likeness (QED) is 0.491. The van der Waals surface area contributed by atoms with E-state index in [0.717, 1.165) is 31.0 Å². The standard InChI is InChI=1S/C24H26FN7O/c1-14-10-31-13-18(9-20(25)23(31)27-14)29-24(33)19-5-6-21(32-11-15(2)26-22(19)32)30-8-7-17(12-30)28-16-3-4-16/h5-6,9-11,13,16-17,28H,3-4,7-8,12H2,1-2H3,(H,29,33)/t17-/m0/s1. The highest BCUT2D eigenvalue weighted by Crippen LogP contribution is 2.27. The lowest BCUT2D eigenvalue weighted by molar-refractivity contribution is 0.102. The minimum Gasteiger partial charge on any atom is -0.356 e. The van der Waals surface area contributed by atoms with Gasteiger partial charge in [-0.05, 0) is 45.2 Å². The van der Waals surface area contributed by atoms with Crippen LogP contribution in [0, 0.1) is 19.7 Å². The third-order valence-corrected chi connectivity index (χ3v) is 6.40. The molecule has 0 radical (unpaired) electrons. The fourth-order valence-electron chi connectivity index (χ4n) is 4.74. The molecule has 2 fully saturated rings. The zero-order valence-electron chi connectivity index (χ0n) is 18.7. The van der Waals surface area contributed by atoms with Crippen LogP contribution in [-0.4, -0.2) is 49.8 Å². The third-order valence-electron chi connectivity index (χ3n) is 6.40. The van der Waals surface area contributed by atoms with Gasteiger partial charge < -0.3 is 19.9 Å². The van der Waals surface area contributed by atoms with E-state index in [0.29, 0.717) is 34.7 Å². The van der Waals surface area contributed by atoms with Crippen molar-refractivity contribution in [3.05, 3.63) is 59.6 Å².